The number of hydrogen-bond acceptors (Lipinski definition) is 3. The SMILES string of the molecule is CCOC(CCCCN(C)C)CCCCN(C)C. The summed E-state index contributed by atoms with van der Waals surface area (Å²) in [6.07, 6.45) is 8.09. The highest BCUT2D eigenvalue weighted by molar-refractivity contribution is 4.60. The van der Waals surface area contributed by atoms with Crippen LogP contribution in [0.3, 0.4) is 0 Å². The van der Waals surface area contributed by atoms with Crippen LogP contribution >= 0.6 is 0 Å². The molecule has 0 N–H and O–H groups in total. The topological polar surface area (TPSA) is 15.7 Å². The highest BCUT2D eigenvalue weighted by atomic mass is 16.5. The zero-order chi connectivity index (χ0) is 13.8. The van der Waals surface area contributed by atoms with Crippen molar-refractivity contribution in [1.82, 2.24) is 9.80 Å². The van der Waals surface area contributed by atoms with Gasteiger partial charge < -0.3 is 14.5 Å². The second kappa shape index (κ2) is 11.9. The molecule has 0 bridgehead atoms. The number of rotatable bonds is 12. The third kappa shape index (κ3) is 12.3. The van der Waals surface area contributed by atoms with Gasteiger partial charge in [-0.1, -0.05) is 0 Å². The van der Waals surface area contributed by atoms with Crippen LogP contribution < -0.4 is 0 Å². The van der Waals surface area contributed by atoms with Gasteiger partial charge in [-0.05, 0) is 86.7 Å². The third-order valence-corrected chi connectivity index (χ3v) is 3.17. The van der Waals surface area contributed by atoms with E-state index in [0.717, 1.165) is 6.61 Å². The van der Waals surface area contributed by atoms with E-state index in [0.29, 0.717) is 6.10 Å². The van der Waals surface area contributed by atoms with Crippen molar-refractivity contribution in [2.24, 2.45) is 0 Å². The van der Waals surface area contributed by atoms with E-state index >= 15 is 0 Å². The Hall–Kier alpha value is -0.120. The summed E-state index contributed by atoms with van der Waals surface area (Å²) >= 11 is 0. The fourth-order valence-electron chi connectivity index (χ4n) is 2.15. The Morgan fingerprint density at radius 2 is 1.22 bits per heavy atom. The molecule has 18 heavy (non-hydrogen) atoms. The van der Waals surface area contributed by atoms with Gasteiger partial charge >= 0.3 is 0 Å². The maximum Gasteiger partial charge on any atom is 0.0575 e. The van der Waals surface area contributed by atoms with Gasteiger partial charge in [0.25, 0.3) is 0 Å². The number of hydrogen-bond donors (Lipinski definition) is 0. The van der Waals surface area contributed by atoms with Crippen LogP contribution in [0.2, 0.25) is 0 Å². The zero-order valence-electron chi connectivity index (χ0n) is 13.2. The summed E-state index contributed by atoms with van der Waals surface area (Å²) in [5, 5.41) is 0. The molecule has 0 aromatic carbocycles. The molecule has 3 heteroatoms. The molecule has 0 aromatic heterocycles. The van der Waals surface area contributed by atoms with Crippen molar-refractivity contribution in [3.8, 4) is 0 Å². The third-order valence-electron chi connectivity index (χ3n) is 3.17. The highest BCUT2D eigenvalue weighted by Crippen LogP contribution is 2.13. The standard InChI is InChI=1S/C15H34N2O/c1-6-18-15(11-7-9-13-16(2)3)12-8-10-14-17(4)5/h15H,6-14H2,1-5H3. The van der Waals surface area contributed by atoms with Gasteiger partial charge in [0.1, 0.15) is 0 Å². The summed E-state index contributed by atoms with van der Waals surface area (Å²) in [6.45, 7) is 5.34. The molecule has 0 aliphatic carbocycles. The number of nitrogens with zero attached hydrogens (tertiary/aromatic N) is 2. The van der Waals surface area contributed by atoms with Crippen molar-refractivity contribution >= 4 is 0 Å². The molecule has 0 radical (unpaired) electrons. The van der Waals surface area contributed by atoms with Crippen LogP contribution in [-0.2, 0) is 4.74 Å². The summed E-state index contributed by atoms with van der Waals surface area (Å²) in [4.78, 5) is 4.51. The predicted molar refractivity (Wildman–Crippen MR) is 80.2 cm³/mol. The number of unbranched alkanes of at least 4 members (excludes halogenated alkanes) is 2. The molecular weight excluding hydrogens is 224 g/mol. The average molecular weight is 258 g/mol. The molecule has 0 atom stereocenters. The van der Waals surface area contributed by atoms with Crippen LogP contribution in [-0.4, -0.2) is 63.8 Å². The first-order valence-electron chi connectivity index (χ1n) is 7.47. The van der Waals surface area contributed by atoms with Crippen LogP contribution in [0.5, 0.6) is 0 Å². The quantitative estimate of drug-likeness (QED) is 0.501. The van der Waals surface area contributed by atoms with Crippen LogP contribution in [0, 0.1) is 0 Å². The van der Waals surface area contributed by atoms with E-state index in [1.807, 2.05) is 0 Å². The monoisotopic (exact) mass is 258 g/mol. The van der Waals surface area contributed by atoms with Gasteiger partial charge in [0.2, 0.25) is 0 Å². The van der Waals surface area contributed by atoms with Gasteiger partial charge in [0.05, 0.1) is 6.10 Å². The van der Waals surface area contributed by atoms with E-state index in [-0.39, 0.29) is 0 Å². The van der Waals surface area contributed by atoms with Crippen molar-refractivity contribution in [3.05, 3.63) is 0 Å². The molecule has 0 fully saturated rings. The second-order valence-electron chi connectivity index (χ2n) is 5.68. The normalized spacial score (nSPS) is 12.0. The summed E-state index contributed by atoms with van der Waals surface area (Å²) in [5.41, 5.74) is 0. The Morgan fingerprint density at radius 3 is 1.56 bits per heavy atom. The molecule has 0 saturated heterocycles. The maximum absolute atomic E-state index is 5.83. The molecule has 0 aliphatic heterocycles. The number of ether oxygens (including phenoxy) is 1. The smallest absolute Gasteiger partial charge is 0.0575 e. The lowest BCUT2D eigenvalue weighted by Gasteiger charge is -2.18. The van der Waals surface area contributed by atoms with Gasteiger partial charge in [-0.3, -0.25) is 0 Å². The van der Waals surface area contributed by atoms with E-state index in [1.54, 1.807) is 0 Å². The first-order valence-corrected chi connectivity index (χ1v) is 7.47. The Morgan fingerprint density at radius 1 is 0.778 bits per heavy atom. The maximum atomic E-state index is 5.83. The van der Waals surface area contributed by atoms with E-state index in [9.17, 15) is 0 Å². The molecule has 0 saturated carbocycles. The van der Waals surface area contributed by atoms with Gasteiger partial charge in [-0.15, -0.1) is 0 Å². The van der Waals surface area contributed by atoms with Crippen molar-refractivity contribution < 1.29 is 4.74 Å². The minimum atomic E-state index is 0.485. The molecular formula is C15H34N2O. The largest absolute Gasteiger partial charge is 0.379 e. The van der Waals surface area contributed by atoms with Gasteiger partial charge in [0, 0.05) is 6.61 Å². The Labute approximate surface area is 114 Å². The van der Waals surface area contributed by atoms with Crippen LogP contribution in [0.25, 0.3) is 0 Å². The van der Waals surface area contributed by atoms with E-state index in [2.05, 4.69) is 44.9 Å². The van der Waals surface area contributed by atoms with Gasteiger partial charge in [-0.25, -0.2) is 0 Å². The molecule has 0 spiro atoms. The fraction of sp³-hybridized carbons (Fsp3) is 1.00. The Balaban J connectivity index is 3.58. The lowest BCUT2D eigenvalue weighted by atomic mass is 10.1. The lowest BCUT2D eigenvalue weighted by molar-refractivity contribution is 0.0465. The first-order chi connectivity index (χ1) is 8.56. The van der Waals surface area contributed by atoms with Crippen molar-refractivity contribution in [2.75, 3.05) is 47.9 Å². The minimum absolute atomic E-state index is 0.485. The summed E-state index contributed by atoms with van der Waals surface area (Å²) < 4.78 is 5.83. The first kappa shape index (κ1) is 17.9. The zero-order valence-corrected chi connectivity index (χ0v) is 13.2. The fourth-order valence-corrected chi connectivity index (χ4v) is 2.15. The van der Waals surface area contributed by atoms with Gasteiger partial charge in [0.15, 0.2) is 0 Å². The average Bonchev–Trinajstić information content (AvgIpc) is 2.29. The summed E-state index contributed by atoms with van der Waals surface area (Å²) in [7, 11) is 8.56. The molecule has 0 heterocycles. The van der Waals surface area contributed by atoms with E-state index in [1.165, 1.54) is 51.6 Å². The molecule has 0 aliphatic rings. The molecule has 110 valence electrons. The predicted octanol–water partition coefficient (Wildman–Crippen LogP) is 2.86. The second-order valence-corrected chi connectivity index (χ2v) is 5.68. The summed E-state index contributed by atoms with van der Waals surface area (Å²) in [6, 6.07) is 0. The molecule has 0 rings (SSSR count). The van der Waals surface area contributed by atoms with Crippen molar-refractivity contribution in [2.45, 2.75) is 51.6 Å². The molecule has 0 aromatic rings. The van der Waals surface area contributed by atoms with Crippen molar-refractivity contribution in [1.29, 1.82) is 0 Å². The van der Waals surface area contributed by atoms with Crippen molar-refractivity contribution in [3.63, 3.8) is 0 Å². The van der Waals surface area contributed by atoms with Crippen LogP contribution in [0.15, 0.2) is 0 Å². The molecule has 3 nitrogen and oxygen atoms in total. The minimum Gasteiger partial charge on any atom is -0.379 e. The highest BCUT2D eigenvalue weighted by Gasteiger charge is 2.08. The Bertz CT molecular complexity index is 156. The summed E-state index contributed by atoms with van der Waals surface area (Å²) in [5.74, 6) is 0. The molecule has 0 amide bonds. The van der Waals surface area contributed by atoms with Crippen LogP contribution in [0.4, 0.5) is 0 Å². The van der Waals surface area contributed by atoms with E-state index < -0.39 is 0 Å². The van der Waals surface area contributed by atoms with Crippen LogP contribution in [0.1, 0.15) is 45.4 Å². The lowest BCUT2D eigenvalue weighted by Crippen LogP contribution is -2.17. The molecule has 0 unspecified atom stereocenters. The van der Waals surface area contributed by atoms with Gasteiger partial charge in [-0.2, -0.15) is 0 Å². The van der Waals surface area contributed by atoms with E-state index in [4.69, 9.17) is 4.74 Å². The Kier molecular flexibility index (Phi) is 11.9.